The molecule has 1 aromatic rings. The summed E-state index contributed by atoms with van der Waals surface area (Å²) in [5, 5.41) is 2.87. The predicted octanol–water partition coefficient (Wildman–Crippen LogP) is -0.903. The van der Waals surface area contributed by atoms with Crippen LogP contribution < -0.4 is 15.0 Å². The largest absolute Gasteiger partial charge is 0.484 e. The maximum Gasteiger partial charge on any atom is 0.258 e. The quantitative estimate of drug-likeness (QED) is 0.701. The molecule has 1 heterocycles. The first-order valence-corrected chi connectivity index (χ1v) is 6.70. The summed E-state index contributed by atoms with van der Waals surface area (Å²) in [5.41, 5.74) is 0. The Kier molecular flexibility index (Phi) is 5.65. The fraction of sp³-hybridized carbons (Fsp3) is 0.500. The highest BCUT2D eigenvalue weighted by Crippen LogP contribution is 2.07. The Morgan fingerprint density at radius 1 is 1.26 bits per heavy atom. The summed E-state index contributed by atoms with van der Waals surface area (Å²) in [6.45, 7) is 5.39. The minimum absolute atomic E-state index is 0.0719. The van der Waals surface area contributed by atoms with Gasteiger partial charge < -0.3 is 19.7 Å². The summed E-state index contributed by atoms with van der Waals surface area (Å²) in [6.07, 6.45) is 0. The molecule has 104 valence electrons. The van der Waals surface area contributed by atoms with E-state index in [1.54, 1.807) is 0 Å². The van der Waals surface area contributed by atoms with Crippen molar-refractivity contribution in [3.63, 3.8) is 0 Å². The highest BCUT2D eigenvalue weighted by molar-refractivity contribution is 5.77. The van der Waals surface area contributed by atoms with Gasteiger partial charge in [-0.05, 0) is 12.1 Å². The zero-order valence-electron chi connectivity index (χ0n) is 11.1. The van der Waals surface area contributed by atoms with E-state index in [2.05, 4.69) is 5.32 Å². The van der Waals surface area contributed by atoms with E-state index in [9.17, 15) is 4.79 Å². The lowest BCUT2D eigenvalue weighted by molar-refractivity contribution is -0.906. The second-order valence-electron chi connectivity index (χ2n) is 4.56. The second kappa shape index (κ2) is 7.76. The lowest BCUT2D eigenvalue weighted by Gasteiger charge is -2.23. The number of rotatable bonds is 6. The molecule has 0 saturated carbocycles. The first kappa shape index (κ1) is 13.8. The van der Waals surface area contributed by atoms with Crippen LogP contribution in [0.5, 0.6) is 5.75 Å². The third-order valence-electron chi connectivity index (χ3n) is 3.11. The zero-order chi connectivity index (χ0) is 13.3. The van der Waals surface area contributed by atoms with Gasteiger partial charge in [0, 0.05) is 0 Å². The van der Waals surface area contributed by atoms with E-state index in [1.165, 1.54) is 4.90 Å². The second-order valence-corrected chi connectivity index (χ2v) is 4.56. The third kappa shape index (κ3) is 5.28. The van der Waals surface area contributed by atoms with Crippen molar-refractivity contribution in [1.29, 1.82) is 0 Å². The first-order valence-electron chi connectivity index (χ1n) is 6.70. The summed E-state index contributed by atoms with van der Waals surface area (Å²) in [4.78, 5) is 13.1. The molecule has 1 fully saturated rings. The molecule has 0 aromatic heterocycles. The molecule has 0 radical (unpaired) electrons. The number of nitrogens with one attached hydrogen (secondary N) is 2. The van der Waals surface area contributed by atoms with Crippen molar-refractivity contribution in [2.45, 2.75) is 0 Å². The Labute approximate surface area is 113 Å². The molecule has 1 amide bonds. The molecule has 0 bridgehead atoms. The third-order valence-corrected chi connectivity index (χ3v) is 3.11. The van der Waals surface area contributed by atoms with Gasteiger partial charge in [-0.25, -0.2) is 0 Å². The normalized spacial score (nSPS) is 16.0. The smallest absolute Gasteiger partial charge is 0.258 e. The molecule has 2 rings (SSSR count). The first-order chi connectivity index (χ1) is 9.34. The molecule has 1 aromatic carbocycles. The Morgan fingerprint density at radius 3 is 2.74 bits per heavy atom. The van der Waals surface area contributed by atoms with Crippen molar-refractivity contribution in [1.82, 2.24) is 5.32 Å². The standard InChI is InChI=1S/C14H20N2O3/c17-14(12-19-13-4-2-1-3-5-13)15-6-7-16-8-10-18-11-9-16/h1-5H,6-12H2,(H,15,17)/p+1. The fourth-order valence-electron chi connectivity index (χ4n) is 2.01. The van der Waals surface area contributed by atoms with Crippen LogP contribution in [0.3, 0.4) is 0 Å². The lowest BCUT2D eigenvalue weighted by atomic mass is 10.3. The number of para-hydroxylation sites is 1. The maximum atomic E-state index is 11.6. The molecule has 5 heteroatoms. The van der Waals surface area contributed by atoms with Gasteiger partial charge in [0.2, 0.25) is 0 Å². The van der Waals surface area contributed by atoms with Gasteiger partial charge in [0.15, 0.2) is 6.61 Å². The van der Waals surface area contributed by atoms with Crippen LogP contribution in [0.2, 0.25) is 0 Å². The number of hydrogen-bond donors (Lipinski definition) is 2. The molecule has 0 unspecified atom stereocenters. The van der Waals surface area contributed by atoms with E-state index in [0.29, 0.717) is 6.54 Å². The number of benzene rings is 1. The van der Waals surface area contributed by atoms with Gasteiger partial charge in [0.25, 0.3) is 5.91 Å². The van der Waals surface area contributed by atoms with Crippen molar-refractivity contribution < 1.29 is 19.2 Å². The van der Waals surface area contributed by atoms with Crippen LogP contribution in [0.15, 0.2) is 30.3 Å². The highest BCUT2D eigenvalue weighted by atomic mass is 16.5. The highest BCUT2D eigenvalue weighted by Gasteiger charge is 2.13. The van der Waals surface area contributed by atoms with E-state index in [0.717, 1.165) is 38.6 Å². The van der Waals surface area contributed by atoms with Crippen molar-refractivity contribution in [3.05, 3.63) is 30.3 Å². The SMILES string of the molecule is O=C(COc1ccccc1)NCC[NH+]1CCOCC1. The number of ether oxygens (including phenoxy) is 2. The number of amides is 1. The fourth-order valence-corrected chi connectivity index (χ4v) is 2.01. The molecular weight excluding hydrogens is 244 g/mol. The molecule has 5 nitrogen and oxygen atoms in total. The molecule has 19 heavy (non-hydrogen) atoms. The van der Waals surface area contributed by atoms with Crippen LogP contribution >= 0.6 is 0 Å². The molecule has 1 aliphatic heterocycles. The zero-order valence-corrected chi connectivity index (χ0v) is 11.1. The molecule has 1 aliphatic rings. The average Bonchev–Trinajstić information content (AvgIpc) is 2.47. The minimum Gasteiger partial charge on any atom is -0.484 e. The van der Waals surface area contributed by atoms with Crippen LogP contribution in [0.4, 0.5) is 0 Å². The number of morpholine rings is 1. The van der Waals surface area contributed by atoms with E-state index in [4.69, 9.17) is 9.47 Å². The van der Waals surface area contributed by atoms with Crippen molar-refractivity contribution in [3.8, 4) is 5.75 Å². The summed E-state index contributed by atoms with van der Waals surface area (Å²) < 4.78 is 10.7. The van der Waals surface area contributed by atoms with E-state index in [1.807, 2.05) is 30.3 Å². The van der Waals surface area contributed by atoms with Gasteiger partial charge in [0.1, 0.15) is 18.8 Å². The van der Waals surface area contributed by atoms with Crippen LogP contribution in [0, 0.1) is 0 Å². The number of quaternary nitrogens is 1. The Bertz CT molecular complexity index is 378. The van der Waals surface area contributed by atoms with Gasteiger partial charge >= 0.3 is 0 Å². The van der Waals surface area contributed by atoms with Crippen LogP contribution in [0.25, 0.3) is 0 Å². The summed E-state index contributed by atoms with van der Waals surface area (Å²) in [7, 11) is 0. The molecule has 2 N–H and O–H groups in total. The van der Waals surface area contributed by atoms with Gasteiger partial charge in [-0.2, -0.15) is 0 Å². The number of hydrogen-bond acceptors (Lipinski definition) is 3. The van der Waals surface area contributed by atoms with Gasteiger partial charge in [-0.15, -0.1) is 0 Å². The van der Waals surface area contributed by atoms with Gasteiger partial charge in [0.05, 0.1) is 26.3 Å². The van der Waals surface area contributed by atoms with Crippen molar-refractivity contribution in [2.75, 3.05) is 46.0 Å². The average molecular weight is 265 g/mol. The molecule has 0 aliphatic carbocycles. The van der Waals surface area contributed by atoms with Crippen LogP contribution in [-0.4, -0.2) is 51.9 Å². The summed E-state index contributed by atoms with van der Waals surface area (Å²) in [6, 6.07) is 9.36. The number of carbonyl (C=O) groups excluding carboxylic acids is 1. The van der Waals surface area contributed by atoms with E-state index < -0.39 is 0 Å². The lowest BCUT2D eigenvalue weighted by Crippen LogP contribution is -3.14. The maximum absolute atomic E-state index is 11.6. The van der Waals surface area contributed by atoms with E-state index in [-0.39, 0.29) is 12.5 Å². The Hall–Kier alpha value is -1.59. The number of carbonyl (C=O) groups is 1. The minimum atomic E-state index is -0.0727. The topological polar surface area (TPSA) is 52.0 Å². The van der Waals surface area contributed by atoms with Crippen molar-refractivity contribution in [2.24, 2.45) is 0 Å². The molecular formula is C14H21N2O3+. The molecule has 0 atom stereocenters. The van der Waals surface area contributed by atoms with Crippen LogP contribution in [-0.2, 0) is 9.53 Å². The summed E-state index contributed by atoms with van der Waals surface area (Å²) in [5.74, 6) is 0.646. The molecule has 0 spiro atoms. The predicted molar refractivity (Wildman–Crippen MR) is 71.3 cm³/mol. The van der Waals surface area contributed by atoms with Gasteiger partial charge in [-0.3, -0.25) is 4.79 Å². The van der Waals surface area contributed by atoms with Crippen molar-refractivity contribution >= 4 is 5.91 Å². The van der Waals surface area contributed by atoms with Crippen LogP contribution in [0.1, 0.15) is 0 Å². The molecule has 1 saturated heterocycles. The summed E-state index contributed by atoms with van der Waals surface area (Å²) >= 11 is 0. The monoisotopic (exact) mass is 265 g/mol. The Morgan fingerprint density at radius 2 is 2.00 bits per heavy atom. The van der Waals surface area contributed by atoms with E-state index >= 15 is 0 Å². The van der Waals surface area contributed by atoms with Gasteiger partial charge in [-0.1, -0.05) is 18.2 Å². The Balaban J connectivity index is 1.57.